The number of nitrogens with one attached hydrogen (secondary N) is 2. The van der Waals surface area contributed by atoms with Crippen LogP contribution in [0.15, 0.2) is 42.6 Å². The van der Waals surface area contributed by atoms with E-state index in [1.54, 1.807) is 0 Å². The average molecular weight is 473 g/mol. The third kappa shape index (κ3) is 5.72. The van der Waals surface area contributed by atoms with E-state index in [4.69, 9.17) is 33.5 Å². The lowest BCUT2D eigenvalue weighted by atomic mass is 9.74. The van der Waals surface area contributed by atoms with Gasteiger partial charge in [0.05, 0.1) is 11.9 Å². The van der Waals surface area contributed by atoms with Gasteiger partial charge in [0.2, 0.25) is 0 Å². The molecule has 4 rings (SSSR count). The first kappa shape index (κ1) is 23.3. The van der Waals surface area contributed by atoms with E-state index < -0.39 is 0 Å². The summed E-state index contributed by atoms with van der Waals surface area (Å²) < 4.78 is 5.63. The fourth-order valence-electron chi connectivity index (χ4n) is 5.07. The Kier molecular flexibility index (Phi) is 7.54. The van der Waals surface area contributed by atoms with Crippen molar-refractivity contribution in [2.75, 3.05) is 43.1 Å². The van der Waals surface area contributed by atoms with Gasteiger partial charge in [-0.25, -0.2) is 4.98 Å². The number of halogens is 1. The van der Waals surface area contributed by atoms with Crippen LogP contribution in [0.5, 0.6) is 0 Å². The van der Waals surface area contributed by atoms with Crippen molar-refractivity contribution < 1.29 is 4.74 Å². The van der Waals surface area contributed by atoms with Crippen LogP contribution in [0.25, 0.3) is 0 Å². The van der Waals surface area contributed by atoms with Gasteiger partial charge in [-0.1, -0.05) is 37.6 Å². The summed E-state index contributed by atoms with van der Waals surface area (Å²) >= 11 is 11.9. The number of nitrogens with zero attached hydrogens (tertiary/aromatic N) is 2. The summed E-state index contributed by atoms with van der Waals surface area (Å²) in [4.78, 5) is 7.08. The van der Waals surface area contributed by atoms with Gasteiger partial charge in [-0.3, -0.25) is 0 Å². The zero-order valence-corrected chi connectivity index (χ0v) is 20.5. The lowest BCUT2D eigenvalue weighted by Gasteiger charge is -2.38. The van der Waals surface area contributed by atoms with Gasteiger partial charge in [-0.15, -0.1) is 0 Å². The summed E-state index contributed by atoms with van der Waals surface area (Å²) in [5, 5.41) is 8.09. The number of anilines is 2. The minimum atomic E-state index is -0.0430. The predicted octanol–water partition coefficient (Wildman–Crippen LogP) is 5.25. The van der Waals surface area contributed by atoms with Crippen molar-refractivity contribution >= 4 is 40.4 Å². The largest absolute Gasteiger partial charge is 0.381 e. The van der Waals surface area contributed by atoms with Crippen LogP contribution in [0.3, 0.4) is 0 Å². The van der Waals surface area contributed by atoms with Crippen LogP contribution in [0.4, 0.5) is 11.5 Å². The second kappa shape index (κ2) is 10.4. The normalized spacial score (nSPS) is 22.9. The molecule has 2 atom stereocenters. The summed E-state index contributed by atoms with van der Waals surface area (Å²) in [6.07, 6.45) is 5.03. The molecule has 0 amide bonds. The lowest BCUT2D eigenvalue weighted by molar-refractivity contribution is 0.0515. The highest BCUT2D eigenvalue weighted by atomic mass is 35.5. The fourth-order valence-corrected chi connectivity index (χ4v) is 5.45. The molecule has 2 fully saturated rings. The number of hydrogen-bond acceptors (Lipinski definition) is 4. The molecule has 0 saturated carbocycles. The van der Waals surface area contributed by atoms with E-state index in [1.165, 1.54) is 12.0 Å². The van der Waals surface area contributed by atoms with E-state index in [0.717, 1.165) is 62.2 Å². The quantitative estimate of drug-likeness (QED) is 0.579. The molecule has 0 aliphatic carbocycles. The maximum absolute atomic E-state index is 6.28. The van der Waals surface area contributed by atoms with Crippen molar-refractivity contribution in [1.29, 1.82) is 0 Å². The third-order valence-electron chi connectivity index (χ3n) is 6.67. The highest BCUT2D eigenvalue weighted by Crippen LogP contribution is 2.35. The van der Waals surface area contributed by atoms with Gasteiger partial charge in [0.25, 0.3) is 0 Å². The monoisotopic (exact) mass is 472 g/mol. The van der Waals surface area contributed by atoms with Crippen molar-refractivity contribution in [1.82, 2.24) is 10.3 Å². The van der Waals surface area contributed by atoms with E-state index in [-0.39, 0.29) is 5.41 Å². The number of benzene rings is 1. The van der Waals surface area contributed by atoms with Gasteiger partial charge in [0.15, 0.2) is 5.11 Å². The van der Waals surface area contributed by atoms with Crippen LogP contribution in [0.1, 0.15) is 38.7 Å². The second-order valence-electron chi connectivity index (χ2n) is 9.47. The number of rotatable bonds is 5. The highest BCUT2D eigenvalue weighted by molar-refractivity contribution is 7.80. The van der Waals surface area contributed by atoms with Crippen molar-refractivity contribution in [2.24, 2.45) is 11.8 Å². The number of pyridine rings is 1. The summed E-state index contributed by atoms with van der Waals surface area (Å²) in [6.45, 7) is 8.99. The molecule has 172 valence electrons. The van der Waals surface area contributed by atoms with Crippen LogP contribution < -0.4 is 15.5 Å². The number of hydrogen-bond donors (Lipinski definition) is 2. The number of thiocarbonyl (C=S) groups is 1. The SMILES string of the molecule is C[C@@H]1C[C@H](C)CN(c2ccc(NC(=S)NCC3(c4cccc(Cl)c4)CCOCC3)cn2)C1. The minimum Gasteiger partial charge on any atom is -0.381 e. The van der Waals surface area contributed by atoms with E-state index in [0.29, 0.717) is 16.9 Å². The minimum absolute atomic E-state index is 0.0430. The predicted molar refractivity (Wildman–Crippen MR) is 137 cm³/mol. The highest BCUT2D eigenvalue weighted by Gasteiger charge is 2.34. The zero-order valence-electron chi connectivity index (χ0n) is 18.9. The Balaban J connectivity index is 1.36. The Morgan fingerprint density at radius 3 is 2.59 bits per heavy atom. The molecule has 0 bridgehead atoms. The molecular formula is C25H33ClN4OS. The molecule has 2 saturated heterocycles. The van der Waals surface area contributed by atoms with E-state index in [2.05, 4.69) is 53.6 Å². The Labute approximate surface area is 201 Å². The summed E-state index contributed by atoms with van der Waals surface area (Å²) in [7, 11) is 0. The van der Waals surface area contributed by atoms with Crippen LogP contribution in [-0.2, 0) is 10.2 Å². The van der Waals surface area contributed by atoms with Gasteiger partial charge in [-0.2, -0.15) is 0 Å². The first-order valence-electron chi connectivity index (χ1n) is 11.5. The molecule has 1 aromatic carbocycles. The Morgan fingerprint density at radius 1 is 1.19 bits per heavy atom. The Hall–Kier alpha value is -1.89. The third-order valence-corrected chi connectivity index (χ3v) is 7.15. The van der Waals surface area contributed by atoms with Crippen molar-refractivity contribution in [3.63, 3.8) is 0 Å². The molecule has 0 spiro atoms. The van der Waals surface area contributed by atoms with Gasteiger partial charge in [0, 0.05) is 43.3 Å². The zero-order chi connectivity index (χ0) is 22.6. The molecule has 2 N–H and O–H groups in total. The fraction of sp³-hybridized carbons (Fsp3) is 0.520. The maximum Gasteiger partial charge on any atom is 0.170 e. The van der Waals surface area contributed by atoms with Crippen LogP contribution in [0.2, 0.25) is 5.02 Å². The Bertz CT molecular complexity index is 906. The topological polar surface area (TPSA) is 49.4 Å². The Morgan fingerprint density at radius 2 is 1.94 bits per heavy atom. The van der Waals surface area contributed by atoms with E-state index in [1.807, 2.05) is 18.3 Å². The van der Waals surface area contributed by atoms with E-state index >= 15 is 0 Å². The summed E-state index contributed by atoms with van der Waals surface area (Å²) in [5.74, 6) is 2.44. The molecule has 2 aromatic rings. The van der Waals surface area contributed by atoms with Gasteiger partial charge in [0.1, 0.15) is 5.82 Å². The summed E-state index contributed by atoms with van der Waals surface area (Å²) in [6, 6.07) is 12.3. The first-order chi connectivity index (χ1) is 15.4. The standard InChI is InChI=1S/C25H33ClN4OS/c1-18-12-19(2)16-30(15-18)23-7-6-22(14-27-23)29-24(32)28-17-25(8-10-31-11-9-25)20-4-3-5-21(26)13-20/h3-7,13-14,18-19H,8-12,15-17H2,1-2H3,(H2,28,29,32)/t18-,19+. The van der Waals surface area contributed by atoms with Crippen molar-refractivity contribution in [3.8, 4) is 0 Å². The first-order valence-corrected chi connectivity index (χ1v) is 12.3. The van der Waals surface area contributed by atoms with Crippen LogP contribution in [-0.4, -0.2) is 42.9 Å². The number of ether oxygens (including phenoxy) is 1. The second-order valence-corrected chi connectivity index (χ2v) is 10.3. The molecule has 5 nitrogen and oxygen atoms in total. The van der Waals surface area contributed by atoms with Crippen molar-refractivity contribution in [3.05, 3.63) is 53.2 Å². The molecule has 7 heteroatoms. The molecule has 0 unspecified atom stereocenters. The molecule has 3 heterocycles. The number of piperidine rings is 1. The molecule has 2 aliphatic heterocycles. The number of aromatic nitrogens is 1. The van der Waals surface area contributed by atoms with Gasteiger partial charge in [-0.05, 0) is 73.1 Å². The molecule has 2 aliphatic rings. The van der Waals surface area contributed by atoms with Gasteiger partial charge >= 0.3 is 0 Å². The molecule has 0 radical (unpaired) electrons. The van der Waals surface area contributed by atoms with E-state index in [9.17, 15) is 0 Å². The van der Waals surface area contributed by atoms with Crippen LogP contribution >= 0.6 is 23.8 Å². The average Bonchev–Trinajstić information content (AvgIpc) is 2.78. The van der Waals surface area contributed by atoms with Crippen LogP contribution in [0, 0.1) is 11.8 Å². The summed E-state index contributed by atoms with van der Waals surface area (Å²) in [5.41, 5.74) is 2.09. The molecule has 32 heavy (non-hydrogen) atoms. The smallest absolute Gasteiger partial charge is 0.170 e. The molecule has 1 aromatic heterocycles. The van der Waals surface area contributed by atoms with Crippen molar-refractivity contribution in [2.45, 2.75) is 38.5 Å². The molecular weight excluding hydrogens is 440 g/mol. The maximum atomic E-state index is 6.28. The van der Waals surface area contributed by atoms with Gasteiger partial charge < -0.3 is 20.3 Å². The lowest BCUT2D eigenvalue weighted by Crippen LogP contribution is -2.45.